The van der Waals surface area contributed by atoms with Gasteiger partial charge in [-0.15, -0.1) is 0 Å². The van der Waals surface area contributed by atoms with Gasteiger partial charge in [-0.25, -0.2) is 0 Å². The van der Waals surface area contributed by atoms with E-state index in [-0.39, 0.29) is 0 Å². The molecule has 0 fully saturated rings. The van der Waals surface area contributed by atoms with Crippen LogP contribution in [0.2, 0.25) is 0 Å². The van der Waals surface area contributed by atoms with Crippen molar-refractivity contribution < 1.29 is 4.74 Å². The predicted octanol–water partition coefficient (Wildman–Crippen LogP) is 7.43. The number of unbranched alkanes of at least 4 members (excludes halogenated alkanes) is 12. The lowest BCUT2D eigenvalue weighted by atomic mass is 9.95. The molecule has 0 aliphatic carbocycles. The smallest absolute Gasteiger partial charge is 0.189 e. The van der Waals surface area contributed by atoms with Crippen LogP contribution < -0.4 is 5.32 Å². The van der Waals surface area contributed by atoms with E-state index in [0.29, 0.717) is 11.8 Å². The third-order valence-corrected chi connectivity index (χ3v) is 5.20. The lowest BCUT2D eigenvalue weighted by molar-refractivity contribution is 0.359. The van der Waals surface area contributed by atoms with Crippen molar-refractivity contribution in [2.45, 2.75) is 110 Å². The Bertz CT molecular complexity index is 348. The maximum absolute atomic E-state index is 5.30. The zero-order chi connectivity index (χ0) is 17.5. The first-order valence-electron chi connectivity index (χ1n) is 10.6. The second-order valence-corrected chi connectivity index (χ2v) is 7.38. The van der Waals surface area contributed by atoms with Gasteiger partial charge in [0.15, 0.2) is 5.88 Å². The van der Waals surface area contributed by atoms with Crippen molar-refractivity contribution >= 4 is 0 Å². The number of hydrogen-bond acceptors (Lipinski definition) is 2. The highest BCUT2D eigenvalue weighted by molar-refractivity contribution is 5.12. The molecule has 1 N–H and O–H groups in total. The van der Waals surface area contributed by atoms with Crippen LogP contribution >= 0.6 is 0 Å². The molecule has 0 saturated heterocycles. The summed E-state index contributed by atoms with van der Waals surface area (Å²) in [7, 11) is 0. The molecule has 24 heavy (non-hydrogen) atoms. The first kappa shape index (κ1) is 21.1. The Morgan fingerprint density at radius 2 is 1.33 bits per heavy atom. The SMILES string of the molecule is C=C1NC(C(CC)CCCCCCCCCCCCCCC)=CO1. The summed E-state index contributed by atoms with van der Waals surface area (Å²) in [5.74, 6) is 1.28. The third-order valence-electron chi connectivity index (χ3n) is 5.20. The van der Waals surface area contributed by atoms with Crippen LogP contribution in [0.15, 0.2) is 24.4 Å². The van der Waals surface area contributed by atoms with Crippen molar-refractivity contribution in [3.63, 3.8) is 0 Å². The molecule has 1 atom stereocenters. The predicted molar refractivity (Wildman–Crippen MR) is 106 cm³/mol. The monoisotopic (exact) mass is 335 g/mol. The molecular weight excluding hydrogens is 294 g/mol. The van der Waals surface area contributed by atoms with Crippen LogP contribution in [0, 0.1) is 5.92 Å². The average Bonchev–Trinajstić information content (AvgIpc) is 3.01. The van der Waals surface area contributed by atoms with E-state index in [1.165, 1.54) is 102 Å². The Morgan fingerprint density at radius 1 is 0.833 bits per heavy atom. The van der Waals surface area contributed by atoms with Crippen LogP contribution in [0.1, 0.15) is 110 Å². The molecule has 0 aromatic heterocycles. The fraction of sp³-hybridized carbons (Fsp3) is 0.818. The minimum Gasteiger partial charge on any atom is -0.448 e. The van der Waals surface area contributed by atoms with Crippen molar-refractivity contribution in [3.8, 4) is 0 Å². The molecule has 0 aromatic rings. The fourth-order valence-corrected chi connectivity index (χ4v) is 3.54. The van der Waals surface area contributed by atoms with E-state index >= 15 is 0 Å². The fourth-order valence-electron chi connectivity index (χ4n) is 3.54. The summed E-state index contributed by atoms with van der Waals surface area (Å²) < 4.78 is 5.30. The maximum Gasteiger partial charge on any atom is 0.189 e. The van der Waals surface area contributed by atoms with Crippen molar-refractivity contribution in [2.75, 3.05) is 0 Å². The molecule has 0 bridgehead atoms. The molecule has 140 valence electrons. The van der Waals surface area contributed by atoms with Gasteiger partial charge in [0.05, 0.1) is 5.70 Å². The van der Waals surface area contributed by atoms with Crippen molar-refractivity contribution in [3.05, 3.63) is 24.4 Å². The number of allylic oxidation sites excluding steroid dienone is 1. The second kappa shape index (κ2) is 14.4. The molecule has 0 aromatic carbocycles. The van der Waals surface area contributed by atoms with Crippen molar-refractivity contribution in [1.82, 2.24) is 5.32 Å². The minimum atomic E-state index is 0.608. The van der Waals surface area contributed by atoms with E-state index in [9.17, 15) is 0 Å². The summed E-state index contributed by atoms with van der Waals surface area (Å²) in [5, 5.41) is 3.25. The summed E-state index contributed by atoms with van der Waals surface area (Å²) in [4.78, 5) is 0. The van der Waals surface area contributed by atoms with E-state index < -0.39 is 0 Å². The largest absolute Gasteiger partial charge is 0.448 e. The van der Waals surface area contributed by atoms with E-state index in [1.54, 1.807) is 0 Å². The summed E-state index contributed by atoms with van der Waals surface area (Å²) in [6.07, 6.45) is 22.8. The number of rotatable bonds is 16. The zero-order valence-corrected chi connectivity index (χ0v) is 16.4. The topological polar surface area (TPSA) is 21.3 Å². The van der Waals surface area contributed by atoms with E-state index in [1.807, 2.05) is 6.26 Å². The van der Waals surface area contributed by atoms with Crippen LogP contribution in [0.3, 0.4) is 0 Å². The molecule has 1 heterocycles. The van der Waals surface area contributed by atoms with Crippen LogP contribution in [0.4, 0.5) is 0 Å². The molecule has 0 amide bonds. The number of ether oxygens (including phenoxy) is 1. The molecule has 1 unspecified atom stereocenters. The Kier molecular flexibility index (Phi) is 12.7. The molecule has 0 radical (unpaired) electrons. The molecule has 0 spiro atoms. The minimum absolute atomic E-state index is 0.608. The standard InChI is InChI=1S/C22H41NO/c1-4-6-7-8-9-10-11-12-13-14-15-16-17-18-21(5-2)22-19-24-20(3)23-22/h19,21,23H,3-18H2,1-2H3. The van der Waals surface area contributed by atoms with Crippen LogP contribution in [-0.2, 0) is 4.74 Å². The normalized spacial score (nSPS) is 15.1. The first-order valence-corrected chi connectivity index (χ1v) is 10.6. The van der Waals surface area contributed by atoms with Crippen LogP contribution in [0.5, 0.6) is 0 Å². The zero-order valence-electron chi connectivity index (χ0n) is 16.4. The van der Waals surface area contributed by atoms with Gasteiger partial charge >= 0.3 is 0 Å². The lowest BCUT2D eigenvalue weighted by Gasteiger charge is -2.15. The van der Waals surface area contributed by atoms with Gasteiger partial charge in [0.2, 0.25) is 0 Å². The van der Waals surface area contributed by atoms with E-state index in [4.69, 9.17) is 4.74 Å². The highest BCUT2D eigenvalue weighted by Crippen LogP contribution is 2.25. The summed E-state index contributed by atoms with van der Waals surface area (Å²) in [6.45, 7) is 8.35. The van der Waals surface area contributed by atoms with Gasteiger partial charge in [0.25, 0.3) is 0 Å². The Balaban J connectivity index is 1.85. The van der Waals surface area contributed by atoms with Gasteiger partial charge in [-0.3, -0.25) is 0 Å². The van der Waals surface area contributed by atoms with E-state index in [0.717, 1.165) is 0 Å². The molecule has 1 aliphatic rings. The summed E-state index contributed by atoms with van der Waals surface area (Å²) in [6, 6.07) is 0. The molecule has 0 saturated carbocycles. The van der Waals surface area contributed by atoms with Gasteiger partial charge in [-0.05, 0) is 19.4 Å². The van der Waals surface area contributed by atoms with Gasteiger partial charge < -0.3 is 10.1 Å². The highest BCUT2D eigenvalue weighted by Gasteiger charge is 2.17. The molecular formula is C22H41NO. The van der Waals surface area contributed by atoms with Gasteiger partial charge in [0, 0.05) is 5.92 Å². The second-order valence-electron chi connectivity index (χ2n) is 7.38. The van der Waals surface area contributed by atoms with Crippen molar-refractivity contribution in [1.29, 1.82) is 0 Å². The summed E-state index contributed by atoms with van der Waals surface area (Å²) >= 11 is 0. The first-order chi connectivity index (χ1) is 11.8. The van der Waals surface area contributed by atoms with Crippen molar-refractivity contribution in [2.24, 2.45) is 5.92 Å². The highest BCUT2D eigenvalue weighted by atomic mass is 16.5. The Morgan fingerprint density at radius 3 is 1.75 bits per heavy atom. The average molecular weight is 336 g/mol. The molecule has 1 aliphatic heterocycles. The molecule has 2 nitrogen and oxygen atoms in total. The lowest BCUT2D eigenvalue weighted by Crippen LogP contribution is -2.14. The van der Waals surface area contributed by atoms with Gasteiger partial charge in [-0.2, -0.15) is 0 Å². The maximum atomic E-state index is 5.30. The third kappa shape index (κ3) is 10.1. The van der Waals surface area contributed by atoms with Crippen LogP contribution in [0.25, 0.3) is 0 Å². The molecule has 2 heteroatoms. The summed E-state index contributed by atoms with van der Waals surface area (Å²) in [5.41, 5.74) is 1.22. The van der Waals surface area contributed by atoms with Crippen LogP contribution in [-0.4, -0.2) is 0 Å². The Labute approximate surface area is 151 Å². The Hall–Kier alpha value is -0.920. The van der Waals surface area contributed by atoms with Gasteiger partial charge in [0.1, 0.15) is 6.26 Å². The quantitative estimate of drug-likeness (QED) is 0.296. The molecule has 1 rings (SSSR count). The van der Waals surface area contributed by atoms with Gasteiger partial charge in [-0.1, -0.05) is 97.3 Å². The number of nitrogens with one attached hydrogen (secondary N) is 1. The van der Waals surface area contributed by atoms with E-state index in [2.05, 4.69) is 25.7 Å². The number of hydrogen-bond donors (Lipinski definition) is 1.